The summed E-state index contributed by atoms with van der Waals surface area (Å²) in [4.78, 5) is 34.1. The molecule has 3 rings (SSSR count). The van der Waals surface area contributed by atoms with E-state index in [4.69, 9.17) is 12.2 Å². The number of likely N-dealkylation sites (tertiary alicyclic amines) is 1. The zero-order chi connectivity index (χ0) is 18.7. The van der Waals surface area contributed by atoms with Crippen molar-refractivity contribution in [3.05, 3.63) is 28.5 Å². The maximum Gasteiger partial charge on any atom is 0.256 e. The molecule has 142 valence electrons. The van der Waals surface area contributed by atoms with Gasteiger partial charge in [-0.2, -0.15) is 0 Å². The first-order valence-corrected chi connectivity index (χ1v) is 9.82. The predicted octanol–water partition coefficient (Wildman–Crippen LogP) is 2.01. The predicted molar refractivity (Wildman–Crippen MR) is 103 cm³/mol. The van der Waals surface area contributed by atoms with Crippen LogP contribution >= 0.6 is 12.2 Å². The van der Waals surface area contributed by atoms with Crippen molar-refractivity contribution in [2.45, 2.75) is 20.3 Å². The first-order chi connectivity index (χ1) is 12.4. The zero-order valence-electron chi connectivity index (χ0n) is 15.6. The number of carbonyl (C=O) groups excluding carboxylic acids is 2. The van der Waals surface area contributed by atoms with Gasteiger partial charge < -0.3 is 14.8 Å². The summed E-state index contributed by atoms with van der Waals surface area (Å²) in [7, 11) is 0. The smallest absolute Gasteiger partial charge is 0.256 e. The topological polar surface area (TPSA) is 59.7 Å². The van der Waals surface area contributed by atoms with E-state index >= 15 is 0 Å². The Hall–Kier alpha value is -1.73. The molecular formula is C19H28N4O2S. The highest BCUT2D eigenvalue weighted by Gasteiger charge is 2.28. The SMILES string of the molecule is CC1CC(C)CN(C(=O)CN2CCN(C(=O)c3ccc[nH]c3=S)CC2)C1. The molecule has 0 bridgehead atoms. The van der Waals surface area contributed by atoms with Gasteiger partial charge in [-0.25, -0.2) is 0 Å². The third kappa shape index (κ3) is 4.51. The van der Waals surface area contributed by atoms with E-state index in [9.17, 15) is 9.59 Å². The molecule has 2 amide bonds. The summed E-state index contributed by atoms with van der Waals surface area (Å²) in [6, 6.07) is 3.55. The number of rotatable bonds is 3. The lowest BCUT2D eigenvalue weighted by Crippen LogP contribution is -2.53. The Balaban J connectivity index is 1.51. The van der Waals surface area contributed by atoms with Crippen LogP contribution in [0.2, 0.25) is 0 Å². The molecule has 2 unspecified atom stereocenters. The van der Waals surface area contributed by atoms with Crippen LogP contribution in [0.25, 0.3) is 0 Å². The summed E-state index contributed by atoms with van der Waals surface area (Å²) in [5, 5.41) is 0. The van der Waals surface area contributed by atoms with Gasteiger partial charge in [0.15, 0.2) is 0 Å². The van der Waals surface area contributed by atoms with Gasteiger partial charge in [0.25, 0.3) is 5.91 Å². The van der Waals surface area contributed by atoms with Gasteiger partial charge in [0.05, 0.1) is 12.1 Å². The summed E-state index contributed by atoms with van der Waals surface area (Å²) in [6.45, 7) is 9.32. The van der Waals surface area contributed by atoms with Gasteiger partial charge in [0, 0.05) is 45.5 Å². The fraction of sp³-hybridized carbons (Fsp3) is 0.632. The lowest BCUT2D eigenvalue weighted by atomic mass is 9.92. The van der Waals surface area contributed by atoms with Crippen LogP contribution in [-0.2, 0) is 4.79 Å². The monoisotopic (exact) mass is 376 g/mol. The molecule has 1 aromatic heterocycles. The highest BCUT2D eigenvalue weighted by atomic mass is 32.1. The van der Waals surface area contributed by atoms with Crippen LogP contribution in [-0.4, -0.2) is 77.3 Å². The fourth-order valence-corrected chi connectivity index (χ4v) is 4.25. The van der Waals surface area contributed by atoms with Crippen LogP contribution in [0.4, 0.5) is 0 Å². The average molecular weight is 377 g/mol. The molecule has 6 nitrogen and oxygen atoms in total. The number of amides is 2. The van der Waals surface area contributed by atoms with Crippen LogP contribution in [0.15, 0.2) is 18.3 Å². The first kappa shape index (κ1) is 19.0. The van der Waals surface area contributed by atoms with Crippen molar-refractivity contribution in [1.29, 1.82) is 0 Å². The van der Waals surface area contributed by atoms with Crippen molar-refractivity contribution in [3.63, 3.8) is 0 Å². The van der Waals surface area contributed by atoms with Crippen molar-refractivity contribution in [2.24, 2.45) is 11.8 Å². The van der Waals surface area contributed by atoms with Gasteiger partial charge in [-0.05, 0) is 30.4 Å². The summed E-state index contributed by atoms with van der Waals surface area (Å²) in [5.74, 6) is 1.34. The molecule has 2 atom stereocenters. The number of hydrogen-bond acceptors (Lipinski definition) is 4. The minimum Gasteiger partial charge on any atom is -0.352 e. The van der Waals surface area contributed by atoms with Crippen molar-refractivity contribution in [1.82, 2.24) is 19.7 Å². The zero-order valence-corrected chi connectivity index (χ0v) is 16.4. The molecule has 1 N–H and O–H groups in total. The average Bonchev–Trinajstić information content (AvgIpc) is 2.61. The normalized spacial score (nSPS) is 24.5. The van der Waals surface area contributed by atoms with E-state index in [2.05, 4.69) is 23.7 Å². The molecule has 3 heterocycles. The van der Waals surface area contributed by atoms with Crippen molar-refractivity contribution in [3.8, 4) is 0 Å². The number of piperidine rings is 1. The fourth-order valence-electron chi connectivity index (χ4n) is 4.03. The summed E-state index contributed by atoms with van der Waals surface area (Å²) < 4.78 is 0.475. The van der Waals surface area contributed by atoms with Gasteiger partial charge in [0.1, 0.15) is 4.64 Å². The van der Waals surface area contributed by atoms with E-state index in [-0.39, 0.29) is 11.8 Å². The highest BCUT2D eigenvalue weighted by Crippen LogP contribution is 2.21. The molecular weight excluding hydrogens is 348 g/mol. The lowest BCUT2D eigenvalue weighted by molar-refractivity contribution is -0.135. The highest BCUT2D eigenvalue weighted by molar-refractivity contribution is 7.71. The van der Waals surface area contributed by atoms with Crippen LogP contribution in [0.3, 0.4) is 0 Å². The Kier molecular flexibility index (Phi) is 6.09. The van der Waals surface area contributed by atoms with Gasteiger partial charge in [-0.1, -0.05) is 26.1 Å². The second kappa shape index (κ2) is 8.31. The largest absolute Gasteiger partial charge is 0.352 e. The van der Waals surface area contributed by atoms with Crippen LogP contribution in [0.5, 0.6) is 0 Å². The standard InChI is InChI=1S/C19H28N4O2S/c1-14-10-15(2)12-23(11-14)17(24)13-21-6-8-22(9-7-21)19(25)16-4-3-5-20-18(16)26/h3-5,14-15H,6-13H2,1-2H3,(H,20,26). The minimum atomic E-state index is -0.0310. The van der Waals surface area contributed by atoms with E-state index in [0.717, 1.165) is 26.2 Å². The molecule has 0 spiro atoms. The first-order valence-electron chi connectivity index (χ1n) is 9.41. The van der Waals surface area contributed by atoms with Crippen molar-refractivity contribution in [2.75, 3.05) is 45.8 Å². The number of aromatic nitrogens is 1. The summed E-state index contributed by atoms with van der Waals surface area (Å²) in [6.07, 6.45) is 2.93. The number of aromatic amines is 1. The molecule has 2 aliphatic rings. The number of piperazine rings is 1. The Morgan fingerprint density at radius 3 is 2.38 bits per heavy atom. The van der Waals surface area contributed by atoms with E-state index < -0.39 is 0 Å². The molecule has 2 fully saturated rings. The molecule has 0 aliphatic carbocycles. The maximum absolute atomic E-state index is 12.6. The number of pyridine rings is 1. The second-order valence-electron chi connectivity index (χ2n) is 7.73. The Labute approximate surface area is 160 Å². The maximum atomic E-state index is 12.6. The van der Waals surface area contributed by atoms with Gasteiger partial charge in [0.2, 0.25) is 5.91 Å². The number of H-pyrrole nitrogens is 1. The van der Waals surface area contributed by atoms with Crippen LogP contribution < -0.4 is 0 Å². The molecule has 7 heteroatoms. The molecule has 2 aliphatic heterocycles. The van der Waals surface area contributed by atoms with E-state index in [0.29, 0.717) is 41.7 Å². The summed E-state index contributed by atoms with van der Waals surface area (Å²) >= 11 is 5.21. The summed E-state index contributed by atoms with van der Waals surface area (Å²) in [5.41, 5.74) is 0.545. The van der Waals surface area contributed by atoms with Crippen molar-refractivity contribution < 1.29 is 9.59 Å². The molecule has 0 aromatic carbocycles. The van der Waals surface area contributed by atoms with E-state index in [1.54, 1.807) is 18.3 Å². The van der Waals surface area contributed by atoms with Crippen LogP contribution in [0.1, 0.15) is 30.6 Å². The molecule has 0 radical (unpaired) electrons. The minimum absolute atomic E-state index is 0.0310. The number of nitrogens with one attached hydrogen (secondary N) is 1. The second-order valence-corrected chi connectivity index (χ2v) is 8.13. The lowest BCUT2D eigenvalue weighted by Gasteiger charge is -2.38. The Morgan fingerprint density at radius 1 is 1.12 bits per heavy atom. The third-order valence-corrected chi connectivity index (χ3v) is 5.63. The molecule has 26 heavy (non-hydrogen) atoms. The molecule has 2 saturated heterocycles. The quantitative estimate of drug-likeness (QED) is 0.820. The van der Waals surface area contributed by atoms with Gasteiger partial charge >= 0.3 is 0 Å². The van der Waals surface area contributed by atoms with E-state index in [1.165, 1.54) is 6.42 Å². The number of nitrogens with zero attached hydrogens (tertiary/aromatic N) is 3. The number of carbonyl (C=O) groups is 2. The molecule has 1 aromatic rings. The Morgan fingerprint density at radius 2 is 1.77 bits per heavy atom. The van der Waals surface area contributed by atoms with Gasteiger partial charge in [-0.15, -0.1) is 0 Å². The Bertz CT molecular complexity index is 701. The van der Waals surface area contributed by atoms with E-state index in [1.807, 2.05) is 9.80 Å². The van der Waals surface area contributed by atoms with Gasteiger partial charge in [-0.3, -0.25) is 14.5 Å². The molecule has 0 saturated carbocycles. The number of hydrogen-bond donors (Lipinski definition) is 1. The van der Waals surface area contributed by atoms with Crippen molar-refractivity contribution >= 4 is 24.0 Å². The third-order valence-electron chi connectivity index (χ3n) is 5.29. The van der Waals surface area contributed by atoms with Crippen LogP contribution in [0, 0.1) is 16.5 Å².